The van der Waals surface area contributed by atoms with Gasteiger partial charge in [0.15, 0.2) is 0 Å². The van der Waals surface area contributed by atoms with Crippen molar-refractivity contribution in [2.75, 3.05) is 19.0 Å². The molecule has 0 atom stereocenters. The molecule has 1 aliphatic rings. The second-order valence-electron chi connectivity index (χ2n) is 4.30. The van der Waals surface area contributed by atoms with Gasteiger partial charge in [0.25, 0.3) is 0 Å². The highest BCUT2D eigenvalue weighted by Crippen LogP contribution is 2.35. The van der Waals surface area contributed by atoms with Gasteiger partial charge in [0.2, 0.25) is 0 Å². The van der Waals surface area contributed by atoms with Crippen LogP contribution in [0.4, 0.5) is 0 Å². The lowest BCUT2D eigenvalue weighted by Gasteiger charge is -2.23. The summed E-state index contributed by atoms with van der Waals surface area (Å²) in [5.74, 6) is 1.10. The highest BCUT2D eigenvalue weighted by Gasteiger charge is 2.17. The Kier molecular flexibility index (Phi) is 5.89. The van der Waals surface area contributed by atoms with E-state index in [-0.39, 0.29) is 0 Å². The number of hydrogen-bond donors (Lipinski definition) is 1. The van der Waals surface area contributed by atoms with Crippen LogP contribution in [0.15, 0.2) is 28.0 Å². The molecule has 0 saturated carbocycles. The van der Waals surface area contributed by atoms with Crippen molar-refractivity contribution in [3.8, 4) is 0 Å². The molecule has 0 aliphatic carbocycles. The van der Waals surface area contributed by atoms with Crippen molar-refractivity contribution in [1.82, 2.24) is 0 Å². The molecule has 1 heterocycles. The lowest BCUT2D eigenvalue weighted by molar-refractivity contribution is 0.1000. The Morgan fingerprint density at radius 1 is 1.28 bits per heavy atom. The van der Waals surface area contributed by atoms with Gasteiger partial charge in [-0.1, -0.05) is 13.0 Å². The molecule has 0 bridgehead atoms. The van der Waals surface area contributed by atoms with E-state index in [2.05, 4.69) is 25.1 Å². The molecule has 2 nitrogen and oxygen atoms in total. The van der Waals surface area contributed by atoms with E-state index in [0.717, 1.165) is 31.8 Å². The molecule has 2 N–H and O–H groups in total. The fraction of sp³-hybridized carbons (Fsp3) is 0.571. The highest BCUT2D eigenvalue weighted by atomic mass is 32.2. The van der Waals surface area contributed by atoms with Crippen molar-refractivity contribution in [2.45, 2.75) is 41.4 Å². The van der Waals surface area contributed by atoms with E-state index < -0.39 is 0 Å². The third-order valence-electron chi connectivity index (χ3n) is 3.06. The van der Waals surface area contributed by atoms with Gasteiger partial charge in [0.1, 0.15) is 0 Å². The number of benzene rings is 1. The molecule has 2 rings (SSSR count). The summed E-state index contributed by atoms with van der Waals surface area (Å²) in [5, 5.41) is 0.686. The monoisotopic (exact) mass is 283 g/mol. The normalized spacial score (nSPS) is 17.0. The van der Waals surface area contributed by atoms with Crippen LogP contribution in [0.25, 0.3) is 0 Å². The Morgan fingerprint density at radius 3 is 2.67 bits per heavy atom. The van der Waals surface area contributed by atoms with E-state index in [9.17, 15) is 0 Å². The molecule has 1 saturated heterocycles. The summed E-state index contributed by atoms with van der Waals surface area (Å²) >= 11 is 3.87. The Balaban J connectivity index is 2.12. The van der Waals surface area contributed by atoms with Crippen LogP contribution >= 0.6 is 23.5 Å². The number of thioether (sulfide) groups is 2. The maximum absolute atomic E-state index is 5.94. The smallest absolute Gasteiger partial charge is 0.0476 e. The minimum Gasteiger partial charge on any atom is -0.381 e. The minimum absolute atomic E-state index is 0.634. The second kappa shape index (κ2) is 7.43. The van der Waals surface area contributed by atoms with Crippen LogP contribution in [-0.4, -0.2) is 24.2 Å². The Morgan fingerprint density at radius 2 is 2.00 bits per heavy atom. The minimum atomic E-state index is 0.634. The van der Waals surface area contributed by atoms with Gasteiger partial charge in [-0.05, 0) is 36.3 Å². The van der Waals surface area contributed by atoms with Crippen molar-refractivity contribution in [3.63, 3.8) is 0 Å². The summed E-state index contributed by atoms with van der Waals surface area (Å²) in [5.41, 5.74) is 7.26. The predicted molar refractivity (Wildman–Crippen MR) is 80.4 cm³/mol. The van der Waals surface area contributed by atoms with Gasteiger partial charge in [-0.2, -0.15) is 0 Å². The van der Waals surface area contributed by atoms with E-state index in [1.807, 2.05) is 23.5 Å². The summed E-state index contributed by atoms with van der Waals surface area (Å²) in [7, 11) is 0. The van der Waals surface area contributed by atoms with Crippen molar-refractivity contribution in [2.24, 2.45) is 5.73 Å². The average molecular weight is 283 g/mol. The SMILES string of the molecule is CCSc1cccc(SC2CCOCC2)c1CN. The Bertz CT molecular complexity index is 378. The summed E-state index contributed by atoms with van der Waals surface area (Å²) < 4.78 is 5.41. The van der Waals surface area contributed by atoms with E-state index in [0.29, 0.717) is 11.8 Å². The number of rotatable bonds is 5. The molecule has 1 aromatic carbocycles. The topological polar surface area (TPSA) is 35.2 Å². The molecule has 0 amide bonds. The van der Waals surface area contributed by atoms with Gasteiger partial charge in [-0.25, -0.2) is 0 Å². The molecular formula is C14H21NOS2. The quantitative estimate of drug-likeness (QED) is 0.839. The molecule has 0 unspecified atom stereocenters. The van der Waals surface area contributed by atoms with Crippen LogP contribution in [0.1, 0.15) is 25.3 Å². The van der Waals surface area contributed by atoms with Crippen molar-refractivity contribution in [1.29, 1.82) is 0 Å². The first-order chi connectivity index (χ1) is 8.85. The van der Waals surface area contributed by atoms with Gasteiger partial charge in [-0.15, -0.1) is 23.5 Å². The standard InChI is InChI=1S/C14H21NOS2/c1-2-17-13-4-3-5-14(12(13)10-15)18-11-6-8-16-9-7-11/h3-5,11H,2,6-10,15H2,1H3. The van der Waals surface area contributed by atoms with Crippen molar-refractivity contribution >= 4 is 23.5 Å². The number of hydrogen-bond acceptors (Lipinski definition) is 4. The molecule has 18 heavy (non-hydrogen) atoms. The zero-order valence-corrected chi connectivity index (χ0v) is 12.5. The van der Waals surface area contributed by atoms with Gasteiger partial charge in [0.05, 0.1) is 0 Å². The summed E-state index contributed by atoms with van der Waals surface area (Å²) in [6.07, 6.45) is 2.31. The van der Waals surface area contributed by atoms with Crippen LogP contribution in [-0.2, 0) is 11.3 Å². The third kappa shape index (κ3) is 3.67. The fourth-order valence-electron chi connectivity index (χ4n) is 2.12. The molecule has 1 aliphatic heterocycles. The molecule has 4 heteroatoms. The molecule has 1 aromatic rings. The van der Waals surface area contributed by atoms with Crippen LogP contribution in [0.2, 0.25) is 0 Å². The molecule has 0 spiro atoms. The molecule has 0 aromatic heterocycles. The Hall–Kier alpha value is -0.160. The average Bonchev–Trinajstić information content (AvgIpc) is 2.41. The summed E-state index contributed by atoms with van der Waals surface area (Å²) in [4.78, 5) is 2.71. The molecule has 0 radical (unpaired) electrons. The van der Waals surface area contributed by atoms with Crippen LogP contribution in [0, 0.1) is 0 Å². The van der Waals surface area contributed by atoms with Gasteiger partial charge >= 0.3 is 0 Å². The van der Waals surface area contributed by atoms with E-state index in [1.165, 1.54) is 15.4 Å². The summed E-state index contributed by atoms with van der Waals surface area (Å²) in [6, 6.07) is 6.55. The highest BCUT2D eigenvalue weighted by molar-refractivity contribution is 8.00. The maximum atomic E-state index is 5.94. The largest absolute Gasteiger partial charge is 0.381 e. The number of nitrogens with two attached hydrogens (primary N) is 1. The predicted octanol–water partition coefficient (Wildman–Crippen LogP) is 3.53. The van der Waals surface area contributed by atoms with Crippen molar-refractivity contribution < 1.29 is 4.74 Å². The first-order valence-corrected chi connectivity index (χ1v) is 8.40. The van der Waals surface area contributed by atoms with Crippen LogP contribution in [0.3, 0.4) is 0 Å². The molecule has 1 fully saturated rings. The Labute approximate surface area is 118 Å². The maximum Gasteiger partial charge on any atom is 0.0476 e. The zero-order valence-electron chi connectivity index (χ0n) is 10.9. The second-order valence-corrected chi connectivity index (χ2v) is 6.95. The third-order valence-corrected chi connectivity index (χ3v) is 5.48. The lowest BCUT2D eigenvalue weighted by Crippen LogP contribution is -2.17. The van der Waals surface area contributed by atoms with E-state index >= 15 is 0 Å². The van der Waals surface area contributed by atoms with Gasteiger partial charge in [0, 0.05) is 34.8 Å². The molecular weight excluding hydrogens is 262 g/mol. The van der Waals surface area contributed by atoms with Crippen molar-refractivity contribution in [3.05, 3.63) is 23.8 Å². The fourth-order valence-corrected chi connectivity index (χ4v) is 4.32. The van der Waals surface area contributed by atoms with Gasteiger partial charge in [-0.3, -0.25) is 0 Å². The number of ether oxygens (including phenoxy) is 1. The van der Waals surface area contributed by atoms with E-state index in [4.69, 9.17) is 10.5 Å². The molecule has 100 valence electrons. The van der Waals surface area contributed by atoms with Crippen LogP contribution in [0.5, 0.6) is 0 Å². The zero-order chi connectivity index (χ0) is 12.8. The first-order valence-electron chi connectivity index (χ1n) is 6.54. The van der Waals surface area contributed by atoms with Crippen LogP contribution < -0.4 is 5.73 Å². The lowest BCUT2D eigenvalue weighted by atomic mass is 10.2. The van der Waals surface area contributed by atoms with Gasteiger partial charge < -0.3 is 10.5 Å². The first kappa shape index (κ1) is 14.3. The van der Waals surface area contributed by atoms with E-state index in [1.54, 1.807) is 0 Å². The summed E-state index contributed by atoms with van der Waals surface area (Å²) in [6.45, 7) is 4.62.